The molecule has 0 atom stereocenters. The molecule has 1 N–H and O–H groups in total. The average molecular weight is 304 g/mol. The third-order valence-corrected chi connectivity index (χ3v) is 3.27. The molecule has 0 aliphatic carbocycles. The summed E-state index contributed by atoms with van der Waals surface area (Å²) in [6.07, 6.45) is 2.56. The maximum atomic E-state index is 13.0. The van der Waals surface area contributed by atoms with Gasteiger partial charge in [-0.05, 0) is 42.8 Å². The Bertz CT molecular complexity index is 567. The number of carbonyl (C=O) groups is 1. The van der Waals surface area contributed by atoms with E-state index in [4.69, 9.17) is 4.42 Å². The monoisotopic (exact) mass is 304 g/mol. The first-order valence-electron chi connectivity index (χ1n) is 7.44. The van der Waals surface area contributed by atoms with Crippen LogP contribution >= 0.6 is 0 Å². The second-order valence-electron chi connectivity index (χ2n) is 5.13. The van der Waals surface area contributed by atoms with Crippen LogP contribution in [0.4, 0.5) is 4.39 Å². The van der Waals surface area contributed by atoms with Crippen molar-refractivity contribution in [3.63, 3.8) is 0 Å². The predicted octanol–water partition coefficient (Wildman–Crippen LogP) is 2.95. The highest BCUT2D eigenvalue weighted by Gasteiger charge is 2.15. The number of rotatable bonds is 8. The first-order valence-corrected chi connectivity index (χ1v) is 7.44. The van der Waals surface area contributed by atoms with Crippen LogP contribution in [-0.4, -0.2) is 23.9 Å². The predicted molar refractivity (Wildman–Crippen MR) is 82.5 cm³/mol. The Kier molecular flexibility index (Phi) is 6.15. The molecule has 0 unspecified atom stereocenters. The number of halogens is 1. The van der Waals surface area contributed by atoms with Crippen molar-refractivity contribution in [3.8, 4) is 0 Å². The molecule has 0 saturated carbocycles. The molecule has 118 valence electrons. The van der Waals surface area contributed by atoms with Gasteiger partial charge in [0.05, 0.1) is 19.4 Å². The van der Waals surface area contributed by atoms with Crippen molar-refractivity contribution in [2.45, 2.75) is 26.4 Å². The van der Waals surface area contributed by atoms with Crippen molar-refractivity contribution < 1.29 is 13.6 Å². The molecule has 22 heavy (non-hydrogen) atoms. The summed E-state index contributed by atoms with van der Waals surface area (Å²) in [6, 6.07) is 9.82. The second-order valence-corrected chi connectivity index (χ2v) is 5.13. The maximum absolute atomic E-state index is 13.0. The molecule has 1 aromatic carbocycles. The van der Waals surface area contributed by atoms with E-state index in [2.05, 4.69) is 12.2 Å². The van der Waals surface area contributed by atoms with E-state index >= 15 is 0 Å². The van der Waals surface area contributed by atoms with Gasteiger partial charge in [-0.25, -0.2) is 4.39 Å². The van der Waals surface area contributed by atoms with Crippen molar-refractivity contribution in [1.29, 1.82) is 0 Å². The first kappa shape index (κ1) is 16.2. The number of hydrogen-bond donors (Lipinski definition) is 1. The van der Waals surface area contributed by atoms with E-state index in [1.807, 2.05) is 6.07 Å². The minimum absolute atomic E-state index is 0.00539. The van der Waals surface area contributed by atoms with E-state index < -0.39 is 0 Å². The number of benzene rings is 1. The van der Waals surface area contributed by atoms with Gasteiger partial charge in [0.15, 0.2) is 0 Å². The Morgan fingerprint density at radius 1 is 1.23 bits per heavy atom. The Morgan fingerprint density at radius 3 is 2.64 bits per heavy atom. The quantitative estimate of drug-likeness (QED) is 0.763. The average Bonchev–Trinajstić information content (AvgIpc) is 3.02. The van der Waals surface area contributed by atoms with Gasteiger partial charge >= 0.3 is 0 Å². The summed E-state index contributed by atoms with van der Waals surface area (Å²) in [5, 5.41) is 3.11. The van der Waals surface area contributed by atoms with Crippen molar-refractivity contribution >= 4 is 5.91 Å². The lowest BCUT2D eigenvalue weighted by molar-refractivity contribution is -0.131. The third-order valence-electron chi connectivity index (χ3n) is 3.27. The molecular weight excluding hydrogens is 283 g/mol. The highest BCUT2D eigenvalue weighted by Crippen LogP contribution is 2.11. The molecule has 4 nitrogen and oxygen atoms in total. The van der Waals surface area contributed by atoms with Crippen LogP contribution in [0, 0.1) is 5.82 Å². The molecule has 1 amide bonds. The van der Waals surface area contributed by atoms with Crippen LogP contribution in [0.25, 0.3) is 0 Å². The smallest absolute Gasteiger partial charge is 0.237 e. The Balaban J connectivity index is 2.03. The summed E-state index contributed by atoms with van der Waals surface area (Å²) in [5.41, 5.74) is 0.886. The summed E-state index contributed by atoms with van der Waals surface area (Å²) in [7, 11) is 0. The molecule has 1 heterocycles. The molecule has 2 aromatic rings. The van der Waals surface area contributed by atoms with Crippen LogP contribution in [0.1, 0.15) is 24.7 Å². The zero-order valence-electron chi connectivity index (χ0n) is 12.7. The standard InChI is InChI=1S/C17H21FN2O2/c1-2-9-19-11-17(21)20(13-16-4-3-10-22-16)12-14-5-7-15(18)8-6-14/h3-8,10,19H,2,9,11-13H2,1H3. The van der Waals surface area contributed by atoms with E-state index in [0.717, 1.165) is 24.3 Å². The van der Waals surface area contributed by atoms with Crippen molar-refractivity contribution in [2.75, 3.05) is 13.1 Å². The molecule has 5 heteroatoms. The van der Waals surface area contributed by atoms with Gasteiger partial charge in [0.1, 0.15) is 11.6 Å². The molecule has 0 radical (unpaired) electrons. The second kappa shape index (κ2) is 8.34. The summed E-state index contributed by atoms with van der Waals surface area (Å²) >= 11 is 0. The largest absolute Gasteiger partial charge is 0.467 e. The van der Waals surface area contributed by atoms with Crippen molar-refractivity contribution in [3.05, 3.63) is 59.8 Å². The van der Waals surface area contributed by atoms with E-state index in [9.17, 15) is 9.18 Å². The van der Waals surface area contributed by atoms with Gasteiger partial charge in [-0.3, -0.25) is 4.79 Å². The van der Waals surface area contributed by atoms with Gasteiger partial charge in [0.2, 0.25) is 5.91 Å². The molecule has 0 bridgehead atoms. The van der Waals surface area contributed by atoms with Gasteiger partial charge < -0.3 is 14.6 Å². The summed E-state index contributed by atoms with van der Waals surface area (Å²) in [5.74, 6) is 0.442. The van der Waals surface area contributed by atoms with Crippen LogP contribution in [0.5, 0.6) is 0 Å². The lowest BCUT2D eigenvalue weighted by Gasteiger charge is -2.22. The van der Waals surface area contributed by atoms with E-state index in [1.165, 1.54) is 12.1 Å². The molecule has 0 aliphatic heterocycles. The minimum atomic E-state index is -0.280. The fourth-order valence-corrected chi connectivity index (χ4v) is 2.12. The summed E-state index contributed by atoms with van der Waals surface area (Å²) < 4.78 is 18.3. The molecule has 0 fully saturated rings. The van der Waals surface area contributed by atoms with E-state index in [0.29, 0.717) is 13.1 Å². The highest BCUT2D eigenvalue weighted by molar-refractivity contribution is 5.78. The Labute approximate surface area is 129 Å². The number of amides is 1. The Hall–Kier alpha value is -2.14. The van der Waals surface area contributed by atoms with Gasteiger partial charge in [-0.15, -0.1) is 0 Å². The maximum Gasteiger partial charge on any atom is 0.237 e. The zero-order valence-corrected chi connectivity index (χ0v) is 12.7. The molecule has 0 spiro atoms. The summed E-state index contributed by atoms with van der Waals surface area (Å²) in [4.78, 5) is 14.1. The van der Waals surface area contributed by atoms with Crippen LogP contribution in [0.3, 0.4) is 0 Å². The third kappa shape index (κ3) is 5.00. The number of carbonyl (C=O) groups excluding carboxylic acids is 1. The fraction of sp³-hybridized carbons (Fsp3) is 0.353. The number of nitrogens with one attached hydrogen (secondary N) is 1. The van der Waals surface area contributed by atoms with Gasteiger partial charge in [0.25, 0.3) is 0 Å². The van der Waals surface area contributed by atoms with Crippen LogP contribution < -0.4 is 5.32 Å². The lowest BCUT2D eigenvalue weighted by atomic mass is 10.2. The normalized spacial score (nSPS) is 10.6. The number of nitrogens with zero attached hydrogens (tertiary/aromatic N) is 1. The van der Waals surface area contributed by atoms with E-state index in [-0.39, 0.29) is 18.3 Å². The fourth-order valence-electron chi connectivity index (χ4n) is 2.12. The van der Waals surface area contributed by atoms with Crippen molar-refractivity contribution in [1.82, 2.24) is 10.2 Å². The van der Waals surface area contributed by atoms with Gasteiger partial charge in [0, 0.05) is 6.54 Å². The molecule has 0 saturated heterocycles. The van der Waals surface area contributed by atoms with Crippen LogP contribution in [-0.2, 0) is 17.9 Å². The van der Waals surface area contributed by atoms with E-state index in [1.54, 1.807) is 29.4 Å². The SMILES string of the molecule is CCCNCC(=O)N(Cc1ccc(F)cc1)Cc1ccco1. The molecular formula is C17H21FN2O2. The minimum Gasteiger partial charge on any atom is -0.467 e. The van der Waals surface area contributed by atoms with Gasteiger partial charge in [-0.2, -0.15) is 0 Å². The zero-order chi connectivity index (χ0) is 15.8. The topological polar surface area (TPSA) is 45.5 Å². The molecule has 1 aromatic heterocycles. The highest BCUT2D eigenvalue weighted by atomic mass is 19.1. The van der Waals surface area contributed by atoms with Crippen LogP contribution in [0.15, 0.2) is 47.1 Å². The number of hydrogen-bond acceptors (Lipinski definition) is 3. The van der Waals surface area contributed by atoms with Crippen molar-refractivity contribution in [2.24, 2.45) is 0 Å². The first-order chi connectivity index (χ1) is 10.7. The molecule has 2 rings (SSSR count). The number of furan rings is 1. The Morgan fingerprint density at radius 2 is 2.00 bits per heavy atom. The van der Waals surface area contributed by atoms with Crippen LogP contribution in [0.2, 0.25) is 0 Å². The lowest BCUT2D eigenvalue weighted by Crippen LogP contribution is -2.37. The summed E-state index contributed by atoms with van der Waals surface area (Å²) in [6.45, 7) is 3.97. The van der Waals surface area contributed by atoms with Gasteiger partial charge in [-0.1, -0.05) is 19.1 Å². The molecule has 0 aliphatic rings.